The Bertz CT molecular complexity index is 1210. The molecule has 33 heavy (non-hydrogen) atoms. The largest absolute Gasteiger partial charge is 0.486 e. The molecule has 0 N–H and O–H groups in total. The first-order valence-corrected chi connectivity index (χ1v) is 10.3. The van der Waals surface area contributed by atoms with E-state index >= 15 is 0 Å². The third kappa shape index (κ3) is 4.65. The fraction of sp³-hybridized carbons (Fsp3) is 0.231. The summed E-state index contributed by atoms with van der Waals surface area (Å²) >= 11 is 0. The number of para-hydroxylation sites is 2. The van der Waals surface area contributed by atoms with Crippen LogP contribution in [0.4, 0.5) is 8.78 Å². The molecule has 3 aromatic rings. The Labute approximate surface area is 190 Å². The molecule has 0 aliphatic heterocycles. The molecule has 0 amide bonds. The summed E-state index contributed by atoms with van der Waals surface area (Å²) in [6, 6.07) is 20.3. The second-order valence-corrected chi connectivity index (χ2v) is 8.32. The zero-order valence-corrected chi connectivity index (χ0v) is 18.0. The Balaban J connectivity index is 1.48. The Kier molecular flexibility index (Phi) is 6.01. The van der Waals surface area contributed by atoms with Crippen LogP contribution in [0.25, 0.3) is 0 Å². The van der Waals surface area contributed by atoms with Gasteiger partial charge in [0, 0.05) is 11.0 Å². The van der Waals surface area contributed by atoms with Crippen molar-refractivity contribution in [2.45, 2.75) is 26.1 Å². The van der Waals surface area contributed by atoms with Gasteiger partial charge in [-0.05, 0) is 36.4 Å². The number of esters is 1. The minimum absolute atomic E-state index is 0.0453. The summed E-state index contributed by atoms with van der Waals surface area (Å²) in [5.74, 6) is -2.11. The van der Waals surface area contributed by atoms with Crippen molar-refractivity contribution >= 4 is 5.97 Å². The van der Waals surface area contributed by atoms with Crippen molar-refractivity contribution in [3.63, 3.8) is 0 Å². The summed E-state index contributed by atoms with van der Waals surface area (Å²) < 4.78 is 44.9. The van der Waals surface area contributed by atoms with Gasteiger partial charge in [-0.1, -0.05) is 50.2 Å². The van der Waals surface area contributed by atoms with Crippen LogP contribution in [-0.2, 0) is 9.53 Å². The number of halogens is 2. The molecule has 1 aliphatic carbocycles. The lowest BCUT2D eigenvalue weighted by molar-refractivity contribution is -0.149. The second-order valence-electron chi connectivity index (χ2n) is 8.32. The zero-order valence-electron chi connectivity index (χ0n) is 18.0. The molecule has 0 bridgehead atoms. The van der Waals surface area contributed by atoms with Gasteiger partial charge in [0.15, 0.2) is 23.1 Å². The summed E-state index contributed by atoms with van der Waals surface area (Å²) in [6.45, 7) is 3.60. The van der Waals surface area contributed by atoms with Gasteiger partial charge < -0.3 is 14.2 Å². The number of ether oxygens (including phenoxy) is 3. The van der Waals surface area contributed by atoms with Gasteiger partial charge in [0.25, 0.3) is 0 Å². The summed E-state index contributed by atoms with van der Waals surface area (Å²) in [6.07, 6.45) is -1.88. The van der Waals surface area contributed by atoms with Crippen LogP contribution in [0.5, 0.6) is 17.2 Å². The van der Waals surface area contributed by atoms with E-state index in [-0.39, 0.29) is 17.1 Å². The standard InChI is InChI=1S/C26H21F2NO4/c1-26(2)23(24(26)32-20-11-7-6-10-18(20)27)25(30)33-22(15-29)16-12-13-19(28)21(14-16)31-17-8-4-3-5-9-17/h3-14,22-24H,1-2H3. The molecule has 0 saturated heterocycles. The van der Waals surface area contributed by atoms with Gasteiger partial charge in [-0.15, -0.1) is 0 Å². The van der Waals surface area contributed by atoms with E-state index in [1.165, 1.54) is 24.3 Å². The maximum atomic E-state index is 14.3. The Morgan fingerprint density at radius 1 is 0.970 bits per heavy atom. The first kappa shape index (κ1) is 22.3. The highest BCUT2D eigenvalue weighted by molar-refractivity contribution is 5.79. The molecule has 0 aromatic heterocycles. The van der Waals surface area contributed by atoms with Crippen LogP contribution < -0.4 is 9.47 Å². The molecule has 168 valence electrons. The molecule has 7 heteroatoms. The van der Waals surface area contributed by atoms with E-state index in [0.29, 0.717) is 5.75 Å². The molecular weight excluding hydrogens is 428 g/mol. The topological polar surface area (TPSA) is 68.5 Å². The maximum Gasteiger partial charge on any atom is 0.315 e. The highest BCUT2D eigenvalue weighted by Crippen LogP contribution is 2.55. The SMILES string of the molecule is CC1(C)C(Oc2ccccc2F)C1C(=O)OC(C#N)c1ccc(F)c(Oc2ccccc2)c1. The molecule has 3 unspecified atom stereocenters. The Hall–Kier alpha value is -3.92. The van der Waals surface area contributed by atoms with Crippen LogP contribution in [0.3, 0.4) is 0 Å². The van der Waals surface area contributed by atoms with Gasteiger partial charge in [-0.2, -0.15) is 5.26 Å². The van der Waals surface area contributed by atoms with Crippen LogP contribution >= 0.6 is 0 Å². The van der Waals surface area contributed by atoms with E-state index in [2.05, 4.69) is 0 Å². The smallest absolute Gasteiger partial charge is 0.315 e. The van der Waals surface area contributed by atoms with Gasteiger partial charge in [-0.3, -0.25) is 4.79 Å². The zero-order chi connectivity index (χ0) is 23.6. The van der Waals surface area contributed by atoms with Crippen LogP contribution in [0, 0.1) is 34.3 Å². The van der Waals surface area contributed by atoms with Crippen molar-refractivity contribution in [2.24, 2.45) is 11.3 Å². The Morgan fingerprint density at radius 2 is 1.64 bits per heavy atom. The molecule has 1 aliphatic rings. The van der Waals surface area contributed by atoms with Gasteiger partial charge in [0.2, 0.25) is 6.10 Å². The highest BCUT2D eigenvalue weighted by atomic mass is 19.1. The lowest BCUT2D eigenvalue weighted by atomic mass is 10.1. The monoisotopic (exact) mass is 449 g/mol. The average Bonchev–Trinajstić information content (AvgIpc) is 3.35. The number of carbonyl (C=O) groups is 1. The molecule has 0 heterocycles. The van der Waals surface area contributed by atoms with Crippen LogP contribution in [-0.4, -0.2) is 12.1 Å². The molecule has 3 aromatic carbocycles. The number of nitriles is 1. The van der Waals surface area contributed by atoms with E-state index < -0.39 is 41.1 Å². The third-order valence-electron chi connectivity index (χ3n) is 5.65. The maximum absolute atomic E-state index is 14.3. The molecule has 1 saturated carbocycles. The van der Waals surface area contributed by atoms with Crippen molar-refractivity contribution in [1.82, 2.24) is 0 Å². The minimum Gasteiger partial charge on any atom is -0.486 e. The third-order valence-corrected chi connectivity index (χ3v) is 5.65. The minimum atomic E-state index is -1.28. The van der Waals surface area contributed by atoms with Crippen molar-refractivity contribution in [2.75, 3.05) is 0 Å². The predicted octanol–water partition coefficient (Wildman–Crippen LogP) is 5.97. The van der Waals surface area contributed by atoms with Gasteiger partial charge in [0.05, 0.1) is 0 Å². The number of rotatable bonds is 7. The number of benzene rings is 3. The van der Waals surface area contributed by atoms with E-state index in [0.717, 1.165) is 6.07 Å². The number of carbonyl (C=O) groups excluding carboxylic acids is 1. The first-order chi connectivity index (χ1) is 15.8. The highest BCUT2D eigenvalue weighted by Gasteiger charge is 2.66. The molecule has 0 radical (unpaired) electrons. The van der Waals surface area contributed by atoms with Gasteiger partial charge >= 0.3 is 5.97 Å². The molecule has 1 fully saturated rings. The first-order valence-electron chi connectivity index (χ1n) is 10.3. The molecule has 5 nitrogen and oxygen atoms in total. The Morgan fingerprint density at radius 3 is 2.33 bits per heavy atom. The van der Waals surface area contributed by atoms with E-state index in [1.54, 1.807) is 56.3 Å². The number of nitrogens with zero attached hydrogens (tertiary/aromatic N) is 1. The molecular formula is C26H21F2NO4. The summed E-state index contributed by atoms with van der Waals surface area (Å²) in [7, 11) is 0. The lowest BCUT2D eigenvalue weighted by Crippen LogP contribution is -2.16. The fourth-order valence-corrected chi connectivity index (χ4v) is 3.65. The summed E-state index contributed by atoms with van der Waals surface area (Å²) in [5, 5.41) is 9.61. The van der Waals surface area contributed by atoms with Crippen molar-refractivity contribution in [3.05, 3.63) is 90.0 Å². The summed E-state index contributed by atoms with van der Waals surface area (Å²) in [5.41, 5.74) is -0.341. The quantitative estimate of drug-likeness (QED) is 0.416. The average molecular weight is 449 g/mol. The number of hydrogen-bond acceptors (Lipinski definition) is 5. The van der Waals surface area contributed by atoms with Crippen molar-refractivity contribution < 1.29 is 27.8 Å². The van der Waals surface area contributed by atoms with E-state index in [1.807, 2.05) is 6.07 Å². The van der Waals surface area contributed by atoms with Crippen LogP contribution in [0.15, 0.2) is 72.8 Å². The van der Waals surface area contributed by atoms with Crippen LogP contribution in [0.1, 0.15) is 25.5 Å². The van der Waals surface area contributed by atoms with Gasteiger partial charge in [0.1, 0.15) is 23.8 Å². The van der Waals surface area contributed by atoms with Crippen LogP contribution in [0.2, 0.25) is 0 Å². The fourth-order valence-electron chi connectivity index (χ4n) is 3.65. The van der Waals surface area contributed by atoms with Crippen molar-refractivity contribution in [3.8, 4) is 23.3 Å². The normalized spacial score (nSPS) is 19.1. The second kappa shape index (κ2) is 8.91. The van der Waals surface area contributed by atoms with Gasteiger partial charge in [-0.25, -0.2) is 8.78 Å². The van der Waals surface area contributed by atoms with E-state index in [9.17, 15) is 18.8 Å². The molecule has 0 spiro atoms. The number of hydrogen-bond donors (Lipinski definition) is 0. The predicted molar refractivity (Wildman–Crippen MR) is 115 cm³/mol. The van der Waals surface area contributed by atoms with Crippen molar-refractivity contribution in [1.29, 1.82) is 5.26 Å². The van der Waals surface area contributed by atoms with E-state index in [4.69, 9.17) is 14.2 Å². The lowest BCUT2D eigenvalue weighted by Gasteiger charge is -2.14. The summed E-state index contributed by atoms with van der Waals surface area (Å²) in [4.78, 5) is 12.8. The molecule has 4 rings (SSSR count). The molecule has 3 atom stereocenters.